The zero-order valence-corrected chi connectivity index (χ0v) is 15.2. The first-order valence-corrected chi connectivity index (χ1v) is 9.23. The third kappa shape index (κ3) is 7.81. The van der Waals surface area contributed by atoms with Crippen molar-refractivity contribution in [2.24, 2.45) is 0 Å². The van der Waals surface area contributed by atoms with Crippen molar-refractivity contribution in [2.45, 2.75) is 64.4 Å². The van der Waals surface area contributed by atoms with Gasteiger partial charge in [0.05, 0.1) is 10.5 Å². The first-order chi connectivity index (χ1) is 11.6. The molecular weight excluding hydrogens is 326 g/mol. The SMILES string of the molecule is CC(OC(=O)CCCCCCCCCS)c1ccccc1[N+](=O)[O-]. The summed E-state index contributed by atoms with van der Waals surface area (Å²) in [5.74, 6) is 0.652. The number of ether oxygens (including phenoxy) is 1. The van der Waals surface area contributed by atoms with Gasteiger partial charge in [-0.2, -0.15) is 12.6 Å². The van der Waals surface area contributed by atoms with Crippen molar-refractivity contribution >= 4 is 24.3 Å². The van der Waals surface area contributed by atoms with E-state index in [9.17, 15) is 14.9 Å². The third-order valence-corrected chi connectivity index (χ3v) is 4.23. The van der Waals surface area contributed by atoms with E-state index in [2.05, 4.69) is 12.6 Å². The Balaban J connectivity index is 2.27. The quantitative estimate of drug-likeness (QED) is 0.183. The van der Waals surface area contributed by atoms with E-state index in [0.717, 1.165) is 25.0 Å². The molecule has 0 saturated carbocycles. The summed E-state index contributed by atoms with van der Waals surface area (Å²) >= 11 is 4.18. The molecule has 6 heteroatoms. The van der Waals surface area contributed by atoms with Crippen LogP contribution in [0.2, 0.25) is 0 Å². The zero-order chi connectivity index (χ0) is 17.8. The summed E-state index contributed by atoms with van der Waals surface area (Å²) in [4.78, 5) is 22.4. The van der Waals surface area contributed by atoms with Gasteiger partial charge in [0, 0.05) is 12.5 Å². The van der Waals surface area contributed by atoms with Gasteiger partial charge in [0.1, 0.15) is 6.10 Å². The number of thiol groups is 1. The lowest BCUT2D eigenvalue weighted by Crippen LogP contribution is -2.10. The third-order valence-electron chi connectivity index (χ3n) is 3.92. The van der Waals surface area contributed by atoms with Crippen LogP contribution in [0, 0.1) is 10.1 Å². The molecule has 5 nitrogen and oxygen atoms in total. The second kappa shape index (κ2) is 11.9. The predicted octanol–water partition coefficient (Wildman–Crippen LogP) is 5.25. The Labute approximate surface area is 149 Å². The number of nitro benzene ring substituents is 1. The fourth-order valence-electron chi connectivity index (χ4n) is 2.58. The molecule has 0 aliphatic rings. The van der Waals surface area contributed by atoms with Crippen LogP contribution in [0.4, 0.5) is 5.69 Å². The van der Waals surface area contributed by atoms with Crippen molar-refractivity contribution in [2.75, 3.05) is 5.75 Å². The molecule has 1 unspecified atom stereocenters. The minimum atomic E-state index is -0.611. The van der Waals surface area contributed by atoms with E-state index in [1.165, 1.54) is 31.7 Å². The first-order valence-electron chi connectivity index (χ1n) is 8.60. The van der Waals surface area contributed by atoms with E-state index in [1.807, 2.05) is 0 Å². The van der Waals surface area contributed by atoms with E-state index in [-0.39, 0.29) is 11.7 Å². The molecule has 0 bridgehead atoms. The fraction of sp³-hybridized carbons (Fsp3) is 0.611. The number of esters is 1. The number of nitrogens with zero attached hydrogens (tertiary/aromatic N) is 1. The lowest BCUT2D eigenvalue weighted by molar-refractivity contribution is -0.386. The molecule has 0 heterocycles. The van der Waals surface area contributed by atoms with Crippen molar-refractivity contribution in [1.82, 2.24) is 0 Å². The van der Waals surface area contributed by atoms with E-state index in [1.54, 1.807) is 25.1 Å². The molecule has 1 aromatic rings. The highest BCUT2D eigenvalue weighted by Crippen LogP contribution is 2.27. The molecule has 0 fully saturated rings. The van der Waals surface area contributed by atoms with Crippen LogP contribution in [0.15, 0.2) is 24.3 Å². The maximum atomic E-state index is 11.9. The zero-order valence-electron chi connectivity index (χ0n) is 14.3. The topological polar surface area (TPSA) is 69.4 Å². The van der Waals surface area contributed by atoms with Crippen LogP contribution >= 0.6 is 12.6 Å². The standard InChI is InChI=1S/C18H27NO4S/c1-15(16-11-8-9-12-17(16)19(21)22)23-18(20)13-7-5-3-2-4-6-10-14-24/h8-9,11-12,15,24H,2-7,10,13-14H2,1H3. The monoisotopic (exact) mass is 353 g/mol. The fourth-order valence-corrected chi connectivity index (χ4v) is 2.81. The molecule has 0 aliphatic carbocycles. The molecule has 1 aromatic carbocycles. The molecule has 0 radical (unpaired) electrons. The molecule has 24 heavy (non-hydrogen) atoms. The number of carbonyl (C=O) groups is 1. The largest absolute Gasteiger partial charge is 0.458 e. The van der Waals surface area contributed by atoms with Gasteiger partial charge in [-0.05, 0) is 31.6 Å². The number of unbranched alkanes of at least 4 members (excludes halogenated alkanes) is 6. The van der Waals surface area contributed by atoms with Gasteiger partial charge in [-0.1, -0.05) is 44.2 Å². The summed E-state index contributed by atoms with van der Waals surface area (Å²) in [5.41, 5.74) is 0.416. The number of benzene rings is 1. The van der Waals surface area contributed by atoms with Crippen LogP contribution in [-0.2, 0) is 9.53 Å². The summed E-state index contributed by atoms with van der Waals surface area (Å²) in [6.07, 6.45) is 7.49. The molecule has 134 valence electrons. The van der Waals surface area contributed by atoms with Crippen LogP contribution in [0.1, 0.15) is 70.0 Å². The van der Waals surface area contributed by atoms with Crippen molar-refractivity contribution < 1.29 is 14.5 Å². The Morgan fingerprint density at radius 1 is 1.12 bits per heavy atom. The lowest BCUT2D eigenvalue weighted by Gasteiger charge is -2.13. The number of carbonyl (C=O) groups excluding carboxylic acids is 1. The molecule has 0 saturated heterocycles. The molecule has 0 spiro atoms. The molecule has 0 amide bonds. The van der Waals surface area contributed by atoms with Crippen LogP contribution in [0.25, 0.3) is 0 Å². The second-order valence-electron chi connectivity index (χ2n) is 5.90. The highest BCUT2D eigenvalue weighted by molar-refractivity contribution is 7.80. The van der Waals surface area contributed by atoms with Gasteiger partial charge in [-0.15, -0.1) is 0 Å². The van der Waals surface area contributed by atoms with Gasteiger partial charge >= 0.3 is 5.97 Å². The van der Waals surface area contributed by atoms with Gasteiger partial charge in [-0.25, -0.2) is 0 Å². The van der Waals surface area contributed by atoms with Crippen molar-refractivity contribution in [3.05, 3.63) is 39.9 Å². The number of hydrogen-bond acceptors (Lipinski definition) is 5. The second-order valence-corrected chi connectivity index (χ2v) is 6.34. The van der Waals surface area contributed by atoms with Crippen LogP contribution in [0.5, 0.6) is 0 Å². The van der Waals surface area contributed by atoms with Gasteiger partial charge < -0.3 is 4.74 Å². The number of hydrogen-bond donors (Lipinski definition) is 1. The summed E-state index contributed by atoms with van der Waals surface area (Å²) < 4.78 is 5.34. The molecule has 0 aliphatic heterocycles. The highest BCUT2D eigenvalue weighted by atomic mass is 32.1. The van der Waals surface area contributed by atoms with Crippen LogP contribution < -0.4 is 0 Å². The molecule has 1 rings (SSSR count). The van der Waals surface area contributed by atoms with Crippen LogP contribution in [-0.4, -0.2) is 16.6 Å². The van der Waals surface area contributed by atoms with Crippen molar-refractivity contribution in [3.63, 3.8) is 0 Å². The molecule has 0 N–H and O–H groups in total. The van der Waals surface area contributed by atoms with Gasteiger partial charge in [0.15, 0.2) is 0 Å². The summed E-state index contributed by atoms with van der Waals surface area (Å²) in [6.45, 7) is 1.67. The minimum absolute atomic E-state index is 0.0148. The van der Waals surface area contributed by atoms with Crippen molar-refractivity contribution in [3.8, 4) is 0 Å². The van der Waals surface area contributed by atoms with E-state index < -0.39 is 11.0 Å². The van der Waals surface area contributed by atoms with E-state index in [0.29, 0.717) is 12.0 Å². The highest BCUT2D eigenvalue weighted by Gasteiger charge is 2.20. The molecular formula is C18H27NO4S. The Morgan fingerprint density at radius 2 is 1.71 bits per heavy atom. The first kappa shape index (κ1) is 20.5. The van der Waals surface area contributed by atoms with Crippen LogP contribution in [0.3, 0.4) is 0 Å². The maximum absolute atomic E-state index is 11.9. The van der Waals surface area contributed by atoms with E-state index in [4.69, 9.17) is 4.74 Å². The van der Waals surface area contributed by atoms with E-state index >= 15 is 0 Å². The summed E-state index contributed by atoms with van der Waals surface area (Å²) in [7, 11) is 0. The van der Waals surface area contributed by atoms with Crippen molar-refractivity contribution in [1.29, 1.82) is 0 Å². The van der Waals surface area contributed by atoms with Gasteiger partial charge in [-0.3, -0.25) is 14.9 Å². The Morgan fingerprint density at radius 3 is 2.33 bits per heavy atom. The number of rotatable bonds is 12. The summed E-state index contributed by atoms with van der Waals surface area (Å²) in [5, 5.41) is 11.0. The summed E-state index contributed by atoms with van der Waals surface area (Å²) in [6, 6.07) is 6.36. The Kier molecular flexibility index (Phi) is 10.2. The number of para-hydroxylation sites is 1. The maximum Gasteiger partial charge on any atom is 0.306 e. The normalized spacial score (nSPS) is 11.9. The lowest BCUT2D eigenvalue weighted by atomic mass is 10.1. The minimum Gasteiger partial charge on any atom is -0.458 e. The smallest absolute Gasteiger partial charge is 0.306 e. The van der Waals surface area contributed by atoms with Gasteiger partial charge in [0.2, 0.25) is 0 Å². The number of nitro groups is 1. The predicted molar refractivity (Wildman–Crippen MR) is 98.4 cm³/mol. The molecule has 0 aromatic heterocycles. The average Bonchev–Trinajstić information content (AvgIpc) is 2.57. The van der Waals surface area contributed by atoms with Gasteiger partial charge in [0.25, 0.3) is 5.69 Å². The Bertz CT molecular complexity index is 521. The molecule has 1 atom stereocenters. The average molecular weight is 353 g/mol. The Hall–Kier alpha value is -1.56.